The molecule has 5 heterocycles. The molecule has 1 fully saturated rings. The van der Waals surface area contributed by atoms with Crippen LogP contribution in [0, 0.1) is 11.3 Å². The standard InChI is InChI=1S/C18H16N8O.ClH/c1-24-15-10-21-16(13-9-22-25-5-3-11(7-19)6-14(13)25)23-17(15)26(18(24)27)12-2-4-20-8-12;/h3,5-6,9-10,12,20H,2,4,8H2,1H3;1H/t12-;/m0./s1. The molecule has 0 bridgehead atoms. The van der Waals surface area contributed by atoms with Crippen molar-refractivity contribution < 1.29 is 0 Å². The molecule has 1 N–H and O–H groups in total. The van der Waals surface area contributed by atoms with Gasteiger partial charge in [-0.25, -0.2) is 19.3 Å². The van der Waals surface area contributed by atoms with Gasteiger partial charge in [0.05, 0.1) is 41.1 Å². The number of nitriles is 1. The summed E-state index contributed by atoms with van der Waals surface area (Å²) in [5.41, 5.74) is 3.25. The van der Waals surface area contributed by atoms with Crippen LogP contribution in [-0.2, 0) is 7.05 Å². The molecule has 10 heteroatoms. The topological polar surface area (TPSA) is 106 Å². The molecule has 0 radical (unpaired) electrons. The first-order valence-corrected chi connectivity index (χ1v) is 8.70. The highest BCUT2D eigenvalue weighted by Gasteiger charge is 2.24. The fourth-order valence-corrected chi connectivity index (χ4v) is 3.68. The summed E-state index contributed by atoms with van der Waals surface area (Å²) in [6.45, 7) is 1.64. The Balaban J connectivity index is 0.00000192. The van der Waals surface area contributed by atoms with Gasteiger partial charge in [0.2, 0.25) is 0 Å². The van der Waals surface area contributed by atoms with Crippen molar-refractivity contribution >= 4 is 29.1 Å². The van der Waals surface area contributed by atoms with Crippen LogP contribution in [0.4, 0.5) is 0 Å². The lowest BCUT2D eigenvalue weighted by molar-refractivity contribution is 0.532. The normalized spacial score (nSPS) is 16.4. The van der Waals surface area contributed by atoms with E-state index in [1.807, 2.05) is 0 Å². The van der Waals surface area contributed by atoms with Gasteiger partial charge in [-0.3, -0.25) is 9.13 Å². The maximum Gasteiger partial charge on any atom is 0.330 e. The average Bonchev–Trinajstić information content (AvgIpc) is 3.41. The predicted octanol–water partition coefficient (Wildman–Crippen LogP) is 1.27. The highest BCUT2D eigenvalue weighted by atomic mass is 35.5. The number of fused-ring (bicyclic) bond motifs is 2. The van der Waals surface area contributed by atoms with E-state index in [2.05, 4.69) is 21.5 Å². The van der Waals surface area contributed by atoms with Crippen molar-refractivity contribution in [1.29, 1.82) is 5.26 Å². The molecule has 1 atom stereocenters. The molecular weight excluding hydrogens is 380 g/mol. The Morgan fingerprint density at radius 2 is 2.18 bits per heavy atom. The van der Waals surface area contributed by atoms with Gasteiger partial charge >= 0.3 is 5.69 Å². The molecule has 0 unspecified atom stereocenters. The number of hydrogen-bond donors (Lipinski definition) is 1. The van der Waals surface area contributed by atoms with Crippen LogP contribution < -0.4 is 11.0 Å². The lowest BCUT2D eigenvalue weighted by Gasteiger charge is -2.10. The molecule has 0 spiro atoms. The molecule has 1 aliphatic rings. The summed E-state index contributed by atoms with van der Waals surface area (Å²) < 4.78 is 5.02. The molecule has 1 saturated heterocycles. The second kappa shape index (κ2) is 6.74. The maximum atomic E-state index is 12.7. The number of halogens is 1. The van der Waals surface area contributed by atoms with E-state index < -0.39 is 0 Å². The molecule has 5 rings (SSSR count). The monoisotopic (exact) mass is 396 g/mol. The maximum absolute atomic E-state index is 12.7. The summed E-state index contributed by atoms with van der Waals surface area (Å²) in [6, 6.07) is 5.68. The molecule has 0 aliphatic carbocycles. The van der Waals surface area contributed by atoms with Gasteiger partial charge in [0, 0.05) is 19.8 Å². The zero-order valence-corrected chi connectivity index (χ0v) is 15.8. The first kappa shape index (κ1) is 18.2. The van der Waals surface area contributed by atoms with Gasteiger partial charge in [0.1, 0.15) is 5.52 Å². The molecule has 0 saturated carbocycles. The first-order chi connectivity index (χ1) is 13.2. The molecule has 142 valence electrons. The molecule has 1 aliphatic heterocycles. The zero-order chi connectivity index (χ0) is 18.5. The number of rotatable bonds is 2. The third-order valence-corrected chi connectivity index (χ3v) is 5.12. The van der Waals surface area contributed by atoms with Crippen LogP contribution in [0.1, 0.15) is 18.0 Å². The Morgan fingerprint density at radius 1 is 1.32 bits per heavy atom. The first-order valence-electron chi connectivity index (χ1n) is 8.70. The van der Waals surface area contributed by atoms with Crippen molar-refractivity contribution in [3.05, 3.63) is 46.8 Å². The number of pyridine rings is 1. The van der Waals surface area contributed by atoms with Crippen molar-refractivity contribution in [2.45, 2.75) is 12.5 Å². The highest BCUT2D eigenvalue weighted by Crippen LogP contribution is 2.25. The average molecular weight is 397 g/mol. The van der Waals surface area contributed by atoms with E-state index in [0.29, 0.717) is 22.6 Å². The Morgan fingerprint density at radius 3 is 2.93 bits per heavy atom. The highest BCUT2D eigenvalue weighted by molar-refractivity contribution is 5.85. The second-order valence-corrected chi connectivity index (χ2v) is 6.68. The number of nitrogens with zero attached hydrogens (tertiary/aromatic N) is 7. The predicted molar refractivity (Wildman–Crippen MR) is 105 cm³/mol. The van der Waals surface area contributed by atoms with Crippen LogP contribution in [0.5, 0.6) is 0 Å². The number of aryl methyl sites for hydroxylation is 1. The van der Waals surface area contributed by atoms with Crippen LogP contribution >= 0.6 is 12.4 Å². The molecule has 9 nitrogen and oxygen atoms in total. The van der Waals surface area contributed by atoms with Crippen molar-refractivity contribution in [2.24, 2.45) is 7.05 Å². The van der Waals surface area contributed by atoms with Crippen LogP contribution in [0.25, 0.3) is 28.1 Å². The summed E-state index contributed by atoms with van der Waals surface area (Å²) in [5.74, 6) is 0.484. The Labute approximate surface area is 165 Å². The van der Waals surface area contributed by atoms with E-state index in [-0.39, 0.29) is 24.1 Å². The van der Waals surface area contributed by atoms with Crippen LogP contribution in [0.15, 0.2) is 35.5 Å². The van der Waals surface area contributed by atoms with E-state index in [9.17, 15) is 10.1 Å². The third-order valence-electron chi connectivity index (χ3n) is 5.12. The molecule has 4 aromatic rings. The molecule has 0 aromatic carbocycles. The summed E-state index contributed by atoms with van der Waals surface area (Å²) in [6.07, 6.45) is 5.98. The lowest BCUT2D eigenvalue weighted by atomic mass is 10.2. The van der Waals surface area contributed by atoms with Crippen molar-refractivity contribution in [1.82, 2.24) is 34.0 Å². The minimum Gasteiger partial charge on any atom is -0.315 e. The van der Waals surface area contributed by atoms with E-state index in [1.54, 1.807) is 51.4 Å². The Hall–Kier alpha value is -3.22. The quantitative estimate of drug-likeness (QED) is 0.547. The molecule has 28 heavy (non-hydrogen) atoms. The molecular formula is C18H17ClN8O. The van der Waals surface area contributed by atoms with Crippen molar-refractivity contribution in [2.75, 3.05) is 13.1 Å². The third kappa shape index (κ3) is 2.58. The number of hydrogen-bond acceptors (Lipinski definition) is 6. The summed E-state index contributed by atoms with van der Waals surface area (Å²) in [5, 5.41) is 16.8. The van der Waals surface area contributed by atoms with E-state index in [0.717, 1.165) is 30.6 Å². The summed E-state index contributed by atoms with van der Waals surface area (Å²) in [7, 11) is 1.74. The minimum absolute atomic E-state index is 0. The van der Waals surface area contributed by atoms with Crippen LogP contribution in [0.3, 0.4) is 0 Å². The Kier molecular flexibility index (Phi) is 4.37. The molecule has 4 aromatic heterocycles. The zero-order valence-electron chi connectivity index (χ0n) is 15.0. The van der Waals surface area contributed by atoms with Gasteiger partial charge in [-0.15, -0.1) is 12.4 Å². The van der Waals surface area contributed by atoms with Crippen LogP contribution in [-0.4, -0.2) is 41.8 Å². The van der Waals surface area contributed by atoms with Crippen LogP contribution in [0.2, 0.25) is 0 Å². The van der Waals surface area contributed by atoms with E-state index in [4.69, 9.17) is 4.98 Å². The van der Waals surface area contributed by atoms with E-state index >= 15 is 0 Å². The van der Waals surface area contributed by atoms with E-state index in [1.165, 1.54) is 0 Å². The number of aromatic nitrogens is 6. The number of imidazole rings is 1. The van der Waals surface area contributed by atoms with Crippen molar-refractivity contribution in [3.8, 4) is 17.5 Å². The van der Waals surface area contributed by atoms with Gasteiger partial charge in [-0.2, -0.15) is 10.4 Å². The van der Waals surface area contributed by atoms with Gasteiger partial charge in [0.25, 0.3) is 0 Å². The summed E-state index contributed by atoms with van der Waals surface area (Å²) in [4.78, 5) is 21.9. The fraction of sp³-hybridized carbons (Fsp3) is 0.278. The Bertz CT molecular complexity index is 1290. The SMILES string of the molecule is Cl.Cn1c(=O)n([C@H]2CCNC2)c2nc(-c3cnn4ccc(C#N)cc34)ncc21. The second-order valence-electron chi connectivity index (χ2n) is 6.68. The van der Waals surface area contributed by atoms with Gasteiger partial charge in [0.15, 0.2) is 11.5 Å². The largest absolute Gasteiger partial charge is 0.330 e. The minimum atomic E-state index is -0.0863. The van der Waals surface area contributed by atoms with Gasteiger partial charge in [-0.05, 0) is 25.1 Å². The lowest BCUT2D eigenvalue weighted by Crippen LogP contribution is -2.27. The number of nitrogens with one attached hydrogen (secondary N) is 1. The smallest absolute Gasteiger partial charge is 0.315 e. The van der Waals surface area contributed by atoms with Gasteiger partial charge < -0.3 is 5.32 Å². The fourth-order valence-electron chi connectivity index (χ4n) is 3.68. The summed E-state index contributed by atoms with van der Waals surface area (Å²) >= 11 is 0. The molecule has 0 amide bonds. The van der Waals surface area contributed by atoms with Crippen molar-refractivity contribution in [3.63, 3.8) is 0 Å². The van der Waals surface area contributed by atoms with Gasteiger partial charge in [-0.1, -0.05) is 0 Å².